The third kappa shape index (κ3) is 4.36. The van der Waals surface area contributed by atoms with Gasteiger partial charge >= 0.3 is 0 Å². The number of nitrogens with one attached hydrogen (secondary N) is 2. The molecule has 0 aliphatic carbocycles. The SMILES string of the molecule is CC[C@@H](C)Nc1nc(Nc2cc(C)ccc2C)cc(-c2cccnc2)n1. The van der Waals surface area contributed by atoms with E-state index in [1.807, 2.05) is 24.4 Å². The predicted octanol–water partition coefficient (Wildman–Crippen LogP) is 5.11. The molecule has 0 amide bonds. The summed E-state index contributed by atoms with van der Waals surface area (Å²) in [5, 5.41) is 6.81. The maximum atomic E-state index is 4.67. The third-order valence-electron chi connectivity index (χ3n) is 4.33. The van der Waals surface area contributed by atoms with Crippen molar-refractivity contribution in [2.24, 2.45) is 0 Å². The summed E-state index contributed by atoms with van der Waals surface area (Å²) in [6.45, 7) is 8.43. The van der Waals surface area contributed by atoms with Crippen molar-refractivity contribution in [2.75, 3.05) is 10.6 Å². The predicted molar refractivity (Wildman–Crippen MR) is 108 cm³/mol. The third-order valence-corrected chi connectivity index (χ3v) is 4.33. The number of benzene rings is 1. The van der Waals surface area contributed by atoms with E-state index < -0.39 is 0 Å². The molecule has 0 radical (unpaired) electrons. The Morgan fingerprint density at radius 2 is 1.92 bits per heavy atom. The van der Waals surface area contributed by atoms with Crippen LogP contribution in [-0.2, 0) is 0 Å². The Morgan fingerprint density at radius 3 is 2.65 bits per heavy atom. The van der Waals surface area contributed by atoms with Crippen molar-refractivity contribution in [3.63, 3.8) is 0 Å². The Morgan fingerprint density at radius 1 is 1.08 bits per heavy atom. The molecule has 5 nitrogen and oxygen atoms in total. The van der Waals surface area contributed by atoms with Crippen molar-refractivity contribution in [3.8, 4) is 11.3 Å². The van der Waals surface area contributed by atoms with Gasteiger partial charge in [-0.2, -0.15) is 4.98 Å². The van der Waals surface area contributed by atoms with Gasteiger partial charge in [-0.25, -0.2) is 4.98 Å². The zero-order valence-electron chi connectivity index (χ0n) is 15.7. The molecule has 1 atom stereocenters. The molecule has 0 fully saturated rings. The van der Waals surface area contributed by atoms with Crippen LogP contribution in [0.1, 0.15) is 31.4 Å². The topological polar surface area (TPSA) is 62.7 Å². The van der Waals surface area contributed by atoms with E-state index in [0.717, 1.165) is 29.2 Å². The van der Waals surface area contributed by atoms with Crippen molar-refractivity contribution in [3.05, 3.63) is 59.9 Å². The van der Waals surface area contributed by atoms with Crippen molar-refractivity contribution < 1.29 is 0 Å². The van der Waals surface area contributed by atoms with Crippen LogP contribution in [0.15, 0.2) is 48.8 Å². The smallest absolute Gasteiger partial charge is 0.225 e. The molecular formula is C21H25N5. The Labute approximate surface area is 154 Å². The van der Waals surface area contributed by atoms with Gasteiger partial charge in [0.2, 0.25) is 5.95 Å². The summed E-state index contributed by atoms with van der Waals surface area (Å²) in [6.07, 6.45) is 4.58. The van der Waals surface area contributed by atoms with Crippen LogP contribution in [0.25, 0.3) is 11.3 Å². The largest absolute Gasteiger partial charge is 0.352 e. The minimum atomic E-state index is 0.299. The Hall–Kier alpha value is -2.95. The number of nitrogens with zero attached hydrogens (tertiary/aromatic N) is 3. The highest BCUT2D eigenvalue weighted by atomic mass is 15.2. The van der Waals surface area contributed by atoms with Crippen LogP contribution < -0.4 is 10.6 Å². The minimum absolute atomic E-state index is 0.299. The molecule has 2 heterocycles. The number of hydrogen-bond acceptors (Lipinski definition) is 5. The minimum Gasteiger partial charge on any atom is -0.352 e. The maximum Gasteiger partial charge on any atom is 0.225 e. The zero-order valence-corrected chi connectivity index (χ0v) is 15.7. The van der Waals surface area contributed by atoms with Gasteiger partial charge in [0.05, 0.1) is 5.69 Å². The highest BCUT2D eigenvalue weighted by Crippen LogP contribution is 2.25. The summed E-state index contributed by atoms with van der Waals surface area (Å²) < 4.78 is 0. The number of pyridine rings is 1. The first kappa shape index (κ1) is 17.9. The van der Waals surface area contributed by atoms with Crippen LogP contribution in [0.3, 0.4) is 0 Å². The fourth-order valence-electron chi connectivity index (χ4n) is 2.57. The lowest BCUT2D eigenvalue weighted by atomic mass is 10.1. The lowest BCUT2D eigenvalue weighted by Crippen LogP contribution is -2.16. The van der Waals surface area contributed by atoms with Gasteiger partial charge in [0.15, 0.2) is 0 Å². The monoisotopic (exact) mass is 347 g/mol. The molecule has 2 N–H and O–H groups in total. The summed E-state index contributed by atoms with van der Waals surface area (Å²) >= 11 is 0. The molecule has 0 aliphatic heterocycles. The molecule has 2 aromatic heterocycles. The maximum absolute atomic E-state index is 4.67. The summed E-state index contributed by atoms with van der Waals surface area (Å²) in [5.41, 5.74) is 5.24. The fourth-order valence-corrected chi connectivity index (χ4v) is 2.57. The molecular weight excluding hydrogens is 322 g/mol. The van der Waals surface area contributed by atoms with Gasteiger partial charge in [0.1, 0.15) is 5.82 Å². The number of aromatic nitrogens is 3. The first-order valence-corrected chi connectivity index (χ1v) is 8.95. The van der Waals surface area contributed by atoms with E-state index in [9.17, 15) is 0 Å². The van der Waals surface area contributed by atoms with Gasteiger partial charge in [-0.3, -0.25) is 4.98 Å². The lowest BCUT2D eigenvalue weighted by Gasteiger charge is -2.15. The average Bonchev–Trinajstić information content (AvgIpc) is 2.65. The average molecular weight is 347 g/mol. The number of aryl methyl sites for hydroxylation is 2. The van der Waals surface area contributed by atoms with Gasteiger partial charge in [-0.1, -0.05) is 19.1 Å². The van der Waals surface area contributed by atoms with Gasteiger partial charge in [0.25, 0.3) is 0 Å². The molecule has 1 aromatic carbocycles. The molecule has 5 heteroatoms. The second-order valence-corrected chi connectivity index (χ2v) is 6.60. The summed E-state index contributed by atoms with van der Waals surface area (Å²) in [7, 11) is 0. The van der Waals surface area contributed by atoms with E-state index in [1.165, 1.54) is 11.1 Å². The second-order valence-electron chi connectivity index (χ2n) is 6.60. The Kier molecular flexibility index (Phi) is 5.46. The van der Waals surface area contributed by atoms with Crippen LogP contribution in [0.5, 0.6) is 0 Å². The van der Waals surface area contributed by atoms with E-state index in [2.05, 4.69) is 71.5 Å². The van der Waals surface area contributed by atoms with Crippen molar-refractivity contribution in [2.45, 2.75) is 40.2 Å². The molecule has 3 aromatic rings. The van der Waals surface area contributed by atoms with Crippen molar-refractivity contribution >= 4 is 17.5 Å². The standard InChI is InChI=1S/C21H25N5/c1-5-16(4)23-21-25-19(17-7-6-10-22-13-17)12-20(26-21)24-18-11-14(2)8-9-15(18)3/h6-13,16H,5H2,1-4H3,(H2,23,24,25,26)/t16-/m1/s1. The normalized spacial score (nSPS) is 11.8. The van der Waals surface area contributed by atoms with Crippen LogP contribution in [0, 0.1) is 13.8 Å². The van der Waals surface area contributed by atoms with E-state index in [0.29, 0.717) is 12.0 Å². The quantitative estimate of drug-likeness (QED) is 0.649. The molecule has 0 aliphatic rings. The number of rotatable bonds is 6. The van der Waals surface area contributed by atoms with Crippen LogP contribution in [0.2, 0.25) is 0 Å². The van der Waals surface area contributed by atoms with Crippen LogP contribution in [0.4, 0.5) is 17.5 Å². The van der Waals surface area contributed by atoms with Gasteiger partial charge in [0, 0.05) is 35.8 Å². The fraction of sp³-hybridized carbons (Fsp3) is 0.286. The van der Waals surface area contributed by atoms with E-state index in [1.54, 1.807) is 6.20 Å². The first-order chi connectivity index (χ1) is 12.5. The summed E-state index contributed by atoms with van der Waals surface area (Å²) in [5.74, 6) is 1.38. The molecule has 0 spiro atoms. The van der Waals surface area contributed by atoms with E-state index in [-0.39, 0.29) is 0 Å². The zero-order chi connectivity index (χ0) is 18.5. The van der Waals surface area contributed by atoms with Crippen LogP contribution >= 0.6 is 0 Å². The second kappa shape index (κ2) is 7.95. The molecule has 0 unspecified atom stereocenters. The Bertz CT molecular complexity index is 877. The van der Waals surface area contributed by atoms with Crippen molar-refractivity contribution in [1.29, 1.82) is 0 Å². The highest BCUT2D eigenvalue weighted by Gasteiger charge is 2.10. The summed E-state index contributed by atoms with van der Waals surface area (Å²) in [6, 6.07) is 12.5. The molecule has 0 bridgehead atoms. The number of hydrogen-bond donors (Lipinski definition) is 2. The Balaban J connectivity index is 2.00. The molecule has 134 valence electrons. The van der Waals surface area contributed by atoms with Crippen LogP contribution in [-0.4, -0.2) is 21.0 Å². The molecule has 3 rings (SSSR count). The van der Waals surface area contributed by atoms with Gasteiger partial charge in [-0.05, 0) is 56.5 Å². The van der Waals surface area contributed by atoms with E-state index >= 15 is 0 Å². The van der Waals surface area contributed by atoms with E-state index in [4.69, 9.17) is 0 Å². The molecule has 26 heavy (non-hydrogen) atoms. The highest BCUT2D eigenvalue weighted by molar-refractivity contribution is 5.68. The van der Waals surface area contributed by atoms with Gasteiger partial charge < -0.3 is 10.6 Å². The van der Waals surface area contributed by atoms with Gasteiger partial charge in [-0.15, -0.1) is 0 Å². The van der Waals surface area contributed by atoms with Crippen molar-refractivity contribution in [1.82, 2.24) is 15.0 Å². The molecule has 0 saturated carbocycles. The molecule has 0 saturated heterocycles. The first-order valence-electron chi connectivity index (χ1n) is 8.95. The number of anilines is 3. The summed E-state index contributed by atoms with van der Waals surface area (Å²) in [4.78, 5) is 13.5. The lowest BCUT2D eigenvalue weighted by molar-refractivity contribution is 0.753.